The molecule has 0 aliphatic heterocycles. The van der Waals surface area contributed by atoms with Crippen LogP contribution in [0.15, 0.2) is 43.1 Å². The van der Waals surface area contributed by atoms with Crippen LogP contribution in [0.1, 0.15) is 5.76 Å². The van der Waals surface area contributed by atoms with E-state index in [0.29, 0.717) is 5.76 Å². The molecule has 0 bridgehead atoms. The van der Waals surface area contributed by atoms with E-state index in [1.54, 1.807) is 12.1 Å². The normalized spacial score (nSPS) is 10.4. The number of carbonyl (C=O) groups is 1. The van der Waals surface area contributed by atoms with E-state index in [4.69, 9.17) is 4.42 Å². The molecule has 100 valence electrons. The number of nitrogens with one attached hydrogen (secondary N) is 2. The third-order valence-electron chi connectivity index (χ3n) is 2.32. The van der Waals surface area contributed by atoms with Gasteiger partial charge in [-0.3, -0.25) is 19.1 Å². The van der Waals surface area contributed by atoms with Crippen LogP contribution in [0.3, 0.4) is 0 Å². The van der Waals surface area contributed by atoms with Gasteiger partial charge < -0.3 is 9.73 Å². The summed E-state index contributed by atoms with van der Waals surface area (Å²) in [5.74, 6) is 0.251. The minimum Gasteiger partial charge on any atom is -0.467 e. The van der Waals surface area contributed by atoms with E-state index in [0.717, 1.165) is 4.57 Å². The van der Waals surface area contributed by atoms with E-state index in [2.05, 4.69) is 26.2 Å². The zero-order valence-electron chi connectivity index (χ0n) is 9.68. The fourth-order valence-corrected chi connectivity index (χ4v) is 1.76. The summed E-state index contributed by atoms with van der Waals surface area (Å²) in [5.41, 5.74) is -1.17. The average molecular weight is 328 g/mol. The van der Waals surface area contributed by atoms with Crippen molar-refractivity contribution in [2.75, 3.05) is 0 Å². The van der Waals surface area contributed by atoms with Gasteiger partial charge in [0.1, 0.15) is 12.3 Å². The van der Waals surface area contributed by atoms with Crippen LogP contribution in [0, 0.1) is 0 Å². The second-order valence-corrected chi connectivity index (χ2v) is 4.57. The molecule has 2 aromatic rings. The molecule has 19 heavy (non-hydrogen) atoms. The Kier molecular flexibility index (Phi) is 4.00. The molecule has 0 aromatic carbocycles. The molecular weight excluding hydrogens is 318 g/mol. The van der Waals surface area contributed by atoms with Crippen LogP contribution < -0.4 is 16.6 Å². The van der Waals surface area contributed by atoms with E-state index in [1.165, 1.54) is 12.5 Å². The van der Waals surface area contributed by atoms with Crippen LogP contribution in [0.25, 0.3) is 0 Å². The summed E-state index contributed by atoms with van der Waals surface area (Å²) in [6.07, 6.45) is 2.78. The van der Waals surface area contributed by atoms with E-state index in [1.807, 2.05) is 0 Å². The fourth-order valence-electron chi connectivity index (χ4n) is 1.41. The number of nitrogens with zero attached hydrogens (tertiary/aromatic N) is 1. The molecule has 2 heterocycles. The lowest BCUT2D eigenvalue weighted by molar-refractivity contribution is -0.122. The Balaban J connectivity index is 2.01. The van der Waals surface area contributed by atoms with E-state index in [9.17, 15) is 14.4 Å². The lowest BCUT2D eigenvalue weighted by Crippen LogP contribution is -2.35. The van der Waals surface area contributed by atoms with Gasteiger partial charge in [-0.25, -0.2) is 4.79 Å². The van der Waals surface area contributed by atoms with Crippen LogP contribution in [0.4, 0.5) is 0 Å². The highest BCUT2D eigenvalue weighted by atomic mass is 79.9. The van der Waals surface area contributed by atoms with Gasteiger partial charge in [-0.2, -0.15) is 0 Å². The molecule has 2 rings (SSSR count). The molecule has 0 fully saturated rings. The van der Waals surface area contributed by atoms with Crippen molar-refractivity contribution in [2.45, 2.75) is 13.1 Å². The minimum absolute atomic E-state index is 0.186. The van der Waals surface area contributed by atoms with Crippen molar-refractivity contribution in [3.63, 3.8) is 0 Å². The number of hydrogen-bond donors (Lipinski definition) is 2. The van der Waals surface area contributed by atoms with Crippen molar-refractivity contribution in [3.05, 3.63) is 55.7 Å². The standard InChI is InChI=1S/C11H10BrN3O4/c12-8-5-15(11(18)14-10(8)17)6-9(16)13-4-7-2-1-3-19-7/h1-3,5H,4,6H2,(H,13,16)(H,14,17,18). The van der Waals surface area contributed by atoms with Crippen molar-refractivity contribution in [2.24, 2.45) is 0 Å². The number of amides is 1. The van der Waals surface area contributed by atoms with Gasteiger partial charge in [0.05, 0.1) is 17.3 Å². The maximum Gasteiger partial charge on any atom is 0.328 e. The smallest absolute Gasteiger partial charge is 0.328 e. The molecule has 2 aromatic heterocycles. The van der Waals surface area contributed by atoms with E-state index < -0.39 is 11.2 Å². The summed E-state index contributed by atoms with van der Waals surface area (Å²) in [6.45, 7) is 0.0556. The fraction of sp³-hybridized carbons (Fsp3) is 0.182. The average Bonchev–Trinajstić information content (AvgIpc) is 2.86. The zero-order valence-corrected chi connectivity index (χ0v) is 11.3. The van der Waals surface area contributed by atoms with Crippen molar-refractivity contribution in [3.8, 4) is 0 Å². The molecule has 0 unspecified atom stereocenters. The van der Waals surface area contributed by atoms with Gasteiger partial charge in [0, 0.05) is 6.20 Å². The predicted molar refractivity (Wildman–Crippen MR) is 69.6 cm³/mol. The van der Waals surface area contributed by atoms with Gasteiger partial charge in [0.25, 0.3) is 5.56 Å². The second kappa shape index (κ2) is 5.70. The largest absolute Gasteiger partial charge is 0.467 e. The van der Waals surface area contributed by atoms with Crippen LogP contribution in [0.2, 0.25) is 0 Å². The quantitative estimate of drug-likeness (QED) is 0.838. The Hall–Kier alpha value is -2.09. The number of halogens is 1. The van der Waals surface area contributed by atoms with Gasteiger partial charge in [0.15, 0.2) is 0 Å². The first kappa shape index (κ1) is 13.3. The Morgan fingerprint density at radius 3 is 2.95 bits per heavy atom. The number of H-pyrrole nitrogens is 1. The molecule has 0 saturated carbocycles. The van der Waals surface area contributed by atoms with Crippen LogP contribution >= 0.6 is 15.9 Å². The topological polar surface area (TPSA) is 97.1 Å². The third kappa shape index (κ3) is 3.44. The first-order chi connectivity index (χ1) is 9.06. The van der Waals surface area contributed by atoms with Crippen molar-refractivity contribution in [1.82, 2.24) is 14.9 Å². The highest BCUT2D eigenvalue weighted by molar-refractivity contribution is 9.10. The summed E-state index contributed by atoms with van der Waals surface area (Å²) >= 11 is 2.99. The highest BCUT2D eigenvalue weighted by Gasteiger charge is 2.07. The molecule has 8 heteroatoms. The lowest BCUT2D eigenvalue weighted by atomic mass is 10.4. The number of aromatic amines is 1. The minimum atomic E-state index is -0.638. The highest BCUT2D eigenvalue weighted by Crippen LogP contribution is 1.99. The van der Waals surface area contributed by atoms with Gasteiger partial charge in [-0.15, -0.1) is 0 Å². The van der Waals surface area contributed by atoms with Crippen molar-refractivity contribution in [1.29, 1.82) is 0 Å². The molecule has 1 amide bonds. The Morgan fingerprint density at radius 2 is 2.26 bits per heavy atom. The van der Waals surface area contributed by atoms with E-state index in [-0.39, 0.29) is 23.5 Å². The SMILES string of the molecule is O=C(Cn1cc(Br)c(=O)[nH]c1=O)NCc1ccco1. The zero-order chi connectivity index (χ0) is 13.8. The Bertz CT molecular complexity index is 687. The monoisotopic (exact) mass is 327 g/mol. The lowest BCUT2D eigenvalue weighted by Gasteiger charge is -2.06. The molecule has 0 aliphatic carbocycles. The third-order valence-corrected chi connectivity index (χ3v) is 2.89. The number of rotatable bonds is 4. The maximum absolute atomic E-state index is 11.6. The summed E-state index contributed by atoms with van der Waals surface area (Å²) in [4.78, 5) is 36.3. The molecule has 0 atom stereocenters. The molecule has 0 saturated heterocycles. The van der Waals surface area contributed by atoms with Crippen molar-refractivity contribution < 1.29 is 9.21 Å². The number of aromatic nitrogens is 2. The molecule has 2 N–H and O–H groups in total. The summed E-state index contributed by atoms with van der Waals surface area (Å²) in [5, 5.41) is 2.60. The summed E-state index contributed by atoms with van der Waals surface area (Å²) < 4.78 is 6.34. The van der Waals surface area contributed by atoms with Crippen LogP contribution in [-0.2, 0) is 17.9 Å². The molecule has 0 aliphatic rings. The van der Waals surface area contributed by atoms with Crippen LogP contribution in [-0.4, -0.2) is 15.5 Å². The van der Waals surface area contributed by atoms with Crippen molar-refractivity contribution >= 4 is 21.8 Å². The van der Waals surface area contributed by atoms with Gasteiger partial charge in [-0.05, 0) is 28.1 Å². The second-order valence-electron chi connectivity index (χ2n) is 3.72. The first-order valence-corrected chi connectivity index (χ1v) is 6.14. The van der Waals surface area contributed by atoms with Gasteiger partial charge in [-0.1, -0.05) is 0 Å². The number of furan rings is 1. The Labute approximate surface area is 115 Å². The maximum atomic E-state index is 11.6. The van der Waals surface area contributed by atoms with Crippen LogP contribution in [0.5, 0.6) is 0 Å². The molecule has 0 spiro atoms. The molecular formula is C11H10BrN3O4. The Morgan fingerprint density at radius 1 is 1.47 bits per heavy atom. The number of hydrogen-bond acceptors (Lipinski definition) is 4. The predicted octanol–water partition coefficient (Wildman–Crippen LogP) is 0.208. The summed E-state index contributed by atoms with van der Waals surface area (Å²) in [6, 6.07) is 3.44. The first-order valence-electron chi connectivity index (χ1n) is 5.34. The van der Waals surface area contributed by atoms with Gasteiger partial charge >= 0.3 is 5.69 Å². The summed E-state index contributed by atoms with van der Waals surface area (Å²) in [7, 11) is 0. The molecule has 7 nitrogen and oxygen atoms in total. The van der Waals surface area contributed by atoms with Gasteiger partial charge in [0.2, 0.25) is 5.91 Å². The van der Waals surface area contributed by atoms with E-state index >= 15 is 0 Å². The number of carbonyl (C=O) groups excluding carboxylic acids is 1. The molecule has 0 radical (unpaired) electrons.